The van der Waals surface area contributed by atoms with E-state index in [4.69, 9.17) is 11.6 Å². The van der Waals surface area contributed by atoms with Crippen molar-refractivity contribution < 1.29 is 9.18 Å². The zero-order valence-electron chi connectivity index (χ0n) is 15.2. The standard InChI is InChI=1S/C21H20ClFN4O/c22-17-5-1-15(2-6-17)14-26-9-11-27(12-10-26)21(28)20-13-19(24-25-20)16-3-7-18(23)8-4-16/h1-8,13H,9-12,14H2,(H,24,25). The summed E-state index contributed by atoms with van der Waals surface area (Å²) in [5.74, 6) is -0.362. The maximum atomic E-state index is 13.1. The quantitative estimate of drug-likeness (QED) is 0.726. The first-order valence-corrected chi connectivity index (χ1v) is 9.54. The molecule has 5 nitrogen and oxygen atoms in total. The van der Waals surface area contributed by atoms with E-state index >= 15 is 0 Å². The van der Waals surface area contributed by atoms with Gasteiger partial charge in [-0.25, -0.2) is 4.39 Å². The van der Waals surface area contributed by atoms with Gasteiger partial charge in [0.2, 0.25) is 0 Å². The molecule has 3 aromatic rings. The van der Waals surface area contributed by atoms with Crippen molar-refractivity contribution in [3.63, 3.8) is 0 Å². The van der Waals surface area contributed by atoms with Crippen molar-refractivity contribution in [2.45, 2.75) is 6.54 Å². The highest BCUT2D eigenvalue weighted by Gasteiger charge is 2.23. The summed E-state index contributed by atoms with van der Waals surface area (Å²) in [4.78, 5) is 16.9. The van der Waals surface area contributed by atoms with Crippen LogP contribution in [0.5, 0.6) is 0 Å². The normalized spacial score (nSPS) is 15.0. The Kier molecular flexibility index (Phi) is 5.41. The SMILES string of the molecule is O=C(c1cc(-c2ccc(F)cc2)n[nH]1)N1CCN(Cc2ccc(Cl)cc2)CC1. The van der Waals surface area contributed by atoms with Gasteiger partial charge in [0.05, 0.1) is 5.69 Å². The summed E-state index contributed by atoms with van der Waals surface area (Å²) in [5.41, 5.74) is 3.06. The summed E-state index contributed by atoms with van der Waals surface area (Å²) in [7, 11) is 0. The van der Waals surface area contributed by atoms with E-state index in [9.17, 15) is 9.18 Å². The van der Waals surface area contributed by atoms with Crippen molar-refractivity contribution in [1.82, 2.24) is 20.0 Å². The van der Waals surface area contributed by atoms with Crippen LogP contribution in [0.1, 0.15) is 16.1 Å². The Hall–Kier alpha value is -2.70. The Labute approximate surface area is 167 Å². The lowest BCUT2D eigenvalue weighted by atomic mass is 10.1. The number of carbonyl (C=O) groups is 1. The fourth-order valence-corrected chi connectivity index (χ4v) is 3.45. The van der Waals surface area contributed by atoms with Crippen LogP contribution in [0.4, 0.5) is 4.39 Å². The predicted molar refractivity (Wildman–Crippen MR) is 107 cm³/mol. The molecule has 1 aromatic heterocycles. The van der Waals surface area contributed by atoms with Gasteiger partial charge in [0.15, 0.2) is 0 Å². The van der Waals surface area contributed by atoms with Gasteiger partial charge in [-0.3, -0.25) is 14.8 Å². The summed E-state index contributed by atoms with van der Waals surface area (Å²) >= 11 is 5.93. The molecule has 28 heavy (non-hydrogen) atoms. The van der Waals surface area contributed by atoms with Crippen LogP contribution in [-0.4, -0.2) is 52.1 Å². The molecule has 1 N–H and O–H groups in total. The van der Waals surface area contributed by atoms with Crippen LogP contribution in [0.15, 0.2) is 54.6 Å². The van der Waals surface area contributed by atoms with Gasteiger partial charge in [-0.2, -0.15) is 5.10 Å². The van der Waals surface area contributed by atoms with Crippen molar-refractivity contribution in [3.8, 4) is 11.3 Å². The minimum Gasteiger partial charge on any atom is -0.335 e. The zero-order chi connectivity index (χ0) is 19.5. The molecule has 1 aliphatic heterocycles. The molecule has 0 aliphatic carbocycles. The van der Waals surface area contributed by atoms with E-state index in [1.54, 1.807) is 18.2 Å². The number of nitrogens with one attached hydrogen (secondary N) is 1. The van der Waals surface area contributed by atoms with Gasteiger partial charge in [-0.05, 0) is 48.0 Å². The van der Waals surface area contributed by atoms with Crippen molar-refractivity contribution >= 4 is 17.5 Å². The average Bonchev–Trinajstić information content (AvgIpc) is 3.20. The lowest BCUT2D eigenvalue weighted by Gasteiger charge is -2.34. The van der Waals surface area contributed by atoms with E-state index in [-0.39, 0.29) is 11.7 Å². The fraction of sp³-hybridized carbons (Fsp3) is 0.238. The Bertz CT molecular complexity index is 947. The molecule has 0 spiro atoms. The maximum absolute atomic E-state index is 13.1. The van der Waals surface area contributed by atoms with Crippen molar-refractivity contribution in [2.75, 3.05) is 26.2 Å². The molecular formula is C21H20ClFN4O. The predicted octanol–water partition coefficient (Wildman–Crippen LogP) is 3.83. The first-order valence-electron chi connectivity index (χ1n) is 9.16. The van der Waals surface area contributed by atoms with Gasteiger partial charge in [0.1, 0.15) is 11.5 Å². The summed E-state index contributed by atoms with van der Waals surface area (Å²) in [6, 6.07) is 15.6. The Morgan fingerprint density at radius 2 is 1.71 bits per heavy atom. The Morgan fingerprint density at radius 1 is 1.04 bits per heavy atom. The van der Waals surface area contributed by atoms with Gasteiger partial charge in [-0.15, -0.1) is 0 Å². The van der Waals surface area contributed by atoms with Crippen LogP contribution in [0.3, 0.4) is 0 Å². The number of benzene rings is 2. The summed E-state index contributed by atoms with van der Waals surface area (Å²) in [6.45, 7) is 3.80. The van der Waals surface area contributed by atoms with Crippen molar-refractivity contribution in [2.24, 2.45) is 0 Å². The van der Waals surface area contributed by atoms with E-state index in [1.807, 2.05) is 29.2 Å². The van der Waals surface area contributed by atoms with Gasteiger partial charge >= 0.3 is 0 Å². The molecule has 1 aliphatic rings. The van der Waals surface area contributed by atoms with Crippen molar-refractivity contribution in [3.05, 3.63) is 76.7 Å². The van der Waals surface area contributed by atoms with E-state index < -0.39 is 0 Å². The summed E-state index contributed by atoms with van der Waals surface area (Å²) in [6.07, 6.45) is 0. The third-order valence-corrected chi connectivity index (χ3v) is 5.18. The van der Waals surface area contributed by atoms with Gasteiger partial charge in [0, 0.05) is 43.3 Å². The van der Waals surface area contributed by atoms with E-state index in [0.717, 1.165) is 30.2 Å². The molecule has 0 unspecified atom stereocenters. The number of rotatable bonds is 4. The highest BCUT2D eigenvalue weighted by Crippen LogP contribution is 2.19. The summed E-state index contributed by atoms with van der Waals surface area (Å²) in [5, 5.41) is 7.74. The van der Waals surface area contributed by atoms with Gasteiger partial charge < -0.3 is 4.90 Å². The molecule has 1 amide bonds. The molecule has 144 valence electrons. The molecule has 4 rings (SSSR count). The van der Waals surface area contributed by atoms with Crippen LogP contribution in [0, 0.1) is 5.82 Å². The zero-order valence-corrected chi connectivity index (χ0v) is 16.0. The number of aromatic amines is 1. The number of piperazine rings is 1. The molecule has 1 saturated heterocycles. The van der Waals surface area contributed by atoms with Gasteiger partial charge in [0.25, 0.3) is 5.91 Å². The number of aromatic nitrogens is 2. The monoisotopic (exact) mass is 398 g/mol. The second-order valence-electron chi connectivity index (χ2n) is 6.87. The number of H-pyrrole nitrogens is 1. The largest absolute Gasteiger partial charge is 0.335 e. The molecule has 2 heterocycles. The summed E-state index contributed by atoms with van der Waals surface area (Å²) < 4.78 is 13.1. The number of nitrogens with zero attached hydrogens (tertiary/aromatic N) is 3. The lowest BCUT2D eigenvalue weighted by molar-refractivity contribution is 0.0622. The lowest BCUT2D eigenvalue weighted by Crippen LogP contribution is -2.48. The molecule has 0 bridgehead atoms. The highest BCUT2D eigenvalue weighted by molar-refractivity contribution is 6.30. The number of amides is 1. The smallest absolute Gasteiger partial charge is 0.271 e. The minimum absolute atomic E-state index is 0.0630. The number of carbonyl (C=O) groups excluding carboxylic acids is 1. The van der Waals surface area contributed by atoms with Crippen LogP contribution in [-0.2, 0) is 6.54 Å². The maximum Gasteiger partial charge on any atom is 0.271 e. The third-order valence-electron chi connectivity index (χ3n) is 4.93. The number of halogens is 2. The number of hydrogen-bond acceptors (Lipinski definition) is 3. The first kappa shape index (κ1) is 18.7. The molecule has 7 heteroatoms. The van der Waals surface area contributed by atoms with E-state index in [0.29, 0.717) is 24.5 Å². The molecule has 0 saturated carbocycles. The van der Waals surface area contributed by atoms with Gasteiger partial charge in [-0.1, -0.05) is 23.7 Å². The molecular weight excluding hydrogens is 379 g/mol. The van der Waals surface area contributed by atoms with Crippen LogP contribution >= 0.6 is 11.6 Å². The first-order chi connectivity index (χ1) is 13.6. The molecule has 2 aromatic carbocycles. The molecule has 1 fully saturated rings. The second kappa shape index (κ2) is 8.12. The van der Waals surface area contributed by atoms with Crippen molar-refractivity contribution in [1.29, 1.82) is 0 Å². The van der Waals surface area contributed by atoms with Crippen LogP contribution in [0.2, 0.25) is 5.02 Å². The highest BCUT2D eigenvalue weighted by atomic mass is 35.5. The Morgan fingerprint density at radius 3 is 2.39 bits per heavy atom. The minimum atomic E-state index is -0.299. The second-order valence-corrected chi connectivity index (χ2v) is 7.31. The topological polar surface area (TPSA) is 52.2 Å². The van der Waals surface area contributed by atoms with Crippen LogP contribution in [0.25, 0.3) is 11.3 Å². The number of hydrogen-bond donors (Lipinski definition) is 1. The molecule has 0 atom stereocenters. The Balaban J connectivity index is 1.35. The third kappa shape index (κ3) is 4.24. The molecule has 0 radical (unpaired) electrons. The average molecular weight is 399 g/mol. The van der Waals surface area contributed by atoms with E-state index in [2.05, 4.69) is 15.1 Å². The van der Waals surface area contributed by atoms with Crippen LogP contribution < -0.4 is 0 Å². The van der Waals surface area contributed by atoms with E-state index in [1.165, 1.54) is 17.7 Å². The fourth-order valence-electron chi connectivity index (χ4n) is 3.33.